The molecule has 3 aromatic carbocycles. The maximum atomic E-state index is 13.0. The molecule has 2 N–H and O–H groups in total. The largest absolute Gasteiger partial charge is 0.507 e. The molecule has 152 valence electrons. The van der Waals surface area contributed by atoms with Crippen LogP contribution in [0.5, 0.6) is 11.5 Å². The predicted octanol–water partition coefficient (Wildman–Crippen LogP) is 3.39. The van der Waals surface area contributed by atoms with E-state index in [1.165, 1.54) is 11.6 Å². The number of fused-ring (bicyclic) bond motifs is 1. The molecule has 0 amide bonds. The molecule has 5 heteroatoms. The molecule has 0 spiro atoms. The second-order valence-electron chi connectivity index (χ2n) is 7.44. The molecule has 1 heterocycles. The molecule has 0 aliphatic heterocycles. The van der Waals surface area contributed by atoms with Gasteiger partial charge in [0.25, 0.3) is 0 Å². The fraction of sp³-hybridized carbons (Fsp3) is 0.160. The normalized spacial score (nSPS) is 12.1. The quantitative estimate of drug-likeness (QED) is 0.519. The van der Waals surface area contributed by atoms with Crippen molar-refractivity contribution in [2.24, 2.45) is 0 Å². The Morgan fingerprint density at radius 1 is 0.967 bits per heavy atom. The monoisotopic (exact) mass is 402 g/mol. The van der Waals surface area contributed by atoms with Gasteiger partial charge in [0.15, 0.2) is 5.43 Å². The number of rotatable bonds is 6. The van der Waals surface area contributed by atoms with Gasteiger partial charge >= 0.3 is 0 Å². The summed E-state index contributed by atoms with van der Waals surface area (Å²) in [7, 11) is 3.65. The summed E-state index contributed by atoms with van der Waals surface area (Å²) in [5.41, 5.74) is 2.89. The summed E-state index contributed by atoms with van der Waals surface area (Å²) in [5, 5.41) is 10.9. The molecule has 1 unspecified atom stereocenters. The van der Waals surface area contributed by atoms with Crippen LogP contribution in [0.3, 0.4) is 0 Å². The molecule has 0 aliphatic carbocycles. The third-order valence-electron chi connectivity index (χ3n) is 5.18. The molecule has 0 fully saturated rings. The van der Waals surface area contributed by atoms with Crippen molar-refractivity contribution in [2.75, 3.05) is 14.2 Å². The first-order valence-electron chi connectivity index (χ1n) is 9.83. The lowest BCUT2D eigenvalue weighted by Gasteiger charge is -2.16. The number of hydrogen-bond donors (Lipinski definition) is 2. The van der Waals surface area contributed by atoms with Crippen LogP contribution < -0.4 is 15.1 Å². The Labute approximate surface area is 174 Å². The number of methoxy groups -OCH3 is 1. The van der Waals surface area contributed by atoms with Crippen LogP contribution in [0.25, 0.3) is 22.3 Å². The highest BCUT2D eigenvalue weighted by Crippen LogP contribution is 2.29. The van der Waals surface area contributed by atoms with E-state index in [2.05, 4.69) is 12.1 Å². The minimum Gasteiger partial charge on any atom is -0.507 e. The summed E-state index contributed by atoms with van der Waals surface area (Å²) in [6.07, 6.45) is 0. The van der Waals surface area contributed by atoms with Crippen molar-refractivity contribution in [3.05, 3.63) is 94.1 Å². The van der Waals surface area contributed by atoms with Crippen molar-refractivity contribution in [3.8, 4) is 22.8 Å². The van der Waals surface area contributed by atoms with Crippen LogP contribution in [-0.4, -0.2) is 19.3 Å². The van der Waals surface area contributed by atoms with Gasteiger partial charge in [-0.1, -0.05) is 30.3 Å². The van der Waals surface area contributed by atoms with Crippen molar-refractivity contribution in [3.63, 3.8) is 0 Å². The Morgan fingerprint density at radius 2 is 1.70 bits per heavy atom. The van der Waals surface area contributed by atoms with Gasteiger partial charge in [0.2, 0.25) is 0 Å². The molecular formula is C25H24NO4+. The number of aromatic hydroxyl groups is 1. The zero-order chi connectivity index (χ0) is 21.1. The molecule has 1 atom stereocenters. The average Bonchev–Trinajstić information content (AvgIpc) is 2.76. The van der Waals surface area contributed by atoms with E-state index < -0.39 is 0 Å². The van der Waals surface area contributed by atoms with Gasteiger partial charge in [-0.25, -0.2) is 0 Å². The van der Waals surface area contributed by atoms with Gasteiger partial charge in [-0.3, -0.25) is 4.79 Å². The van der Waals surface area contributed by atoms with Crippen LogP contribution in [0.2, 0.25) is 0 Å². The second-order valence-corrected chi connectivity index (χ2v) is 7.44. The zero-order valence-electron chi connectivity index (χ0n) is 17.0. The number of phenolic OH excluding ortho intramolecular Hbond substituents is 1. The predicted molar refractivity (Wildman–Crippen MR) is 117 cm³/mol. The fourth-order valence-electron chi connectivity index (χ4n) is 3.69. The number of phenols is 1. The molecule has 0 bridgehead atoms. The first-order valence-corrected chi connectivity index (χ1v) is 9.83. The van der Waals surface area contributed by atoms with E-state index in [0.717, 1.165) is 22.8 Å². The molecule has 4 aromatic rings. The summed E-state index contributed by atoms with van der Waals surface area (Å²) in [5.74, 6) is 1.33. The van der Waals surface area contributed by atoms with E-state index in [4.69, 9.17) is 9.15 Å². The van der Waals surface area contributed by atoms with Crippen LogP contribution in [0, 0.1) is 0 Å². The van der Waals surface area contributed by atoms with Gasteiger partial charge in [-0.2, -0.15) is 0 Å². The fourth-order valence-corrected chi connectivity index (χ4v) is 3.69. The van der Waals surface area contributed by atoms with Crippen molar-refractivity contribution in [1.82, 2.24) is 0 Å². The third kappa shape index (κ3) is 4.07. The standard InChI is InChI=1S/C25H23NO4/c1-26(15-17-6-4-3-5-7-17)16-20-21(27)12-13-23-25(20)22(28)14-24(30-23)18-8-10-19(29-2)11-9-18/h3-14,27H,15-16H2,1-2H3/p+1. The number of ether oxygens (including phenoxy) is 1. The molecular weight excluding hydrogens is 378 g/mol. The molecule has 30 heavy (non-hydrogen) atoms. The molecule has 4 rings (SSSR count). The molecule has 1 aromatic heterocycles. The smallest absolute Gasteiger partial charge is 0.193 e. The van der Waals surface area contributed by atoms with Crippen LogP contribution in [0.1, 0.15) is 11.1 Å². The highest BCUT2D eigenvalue weighted by Gasteiger charge is 2.18. The molecule has 0 saturated carbocycles. The van der Waals surface area contributed by atoms with Crippen LogP contribution >= 0.6 is 0 Å². The van der Waals surface area contributed by atoms with Crippen molar-refractivity contribution >= 4 is 11.0 Å². The first-order chi connectivity index (χ1) is 14.5. The summed E-state index contributed by atoms with van der Waals surface area (Å²) in [4.78, 5) is 14.2. The SMILES string of the molecule is COc1ccc(-c2cc(=O)c3c(C[NH+](C)Cc4ccccc4)c(O)ccc3o2)cc1. The highest BCUT2D eigenvalue weighted by molar-refractivity contribution is 5.84. The number of quaternary nitrogens is 1. The topological polar surface area (TPSA) is 64.1 Å². The van der Waals surface area contributed by atoms with E-state index in [9.17, 15) is 9.90 Å². The number of benzene rings is 3. The Hall–Kier alpha value is -3.57. The van der Waals surface area contributed by atoms with Gasteiger partial charge in [0, 0.05) is 17.2 Å². The molecule has 0 radical (unpaired) electrons. The Balaban J connectivity index is 1.70. The van der Waals surface area contributed by atoms with E-state index in [-0.39, 0.29) is 11.2 Å². The van der Waals surface area contributed by atoms with Gasteiger partial charge in [-0.15, -0.1) is 0 Å². The van der Waals surface area contributed by atoms with Gasteiger partial charge in [-0.05, 0) is 36.4 Å². The highest BCUT2D eigenvalue weighted by atomic mass is 16.5. The first kappa shape index (κ1) is 19.7. The van der Waals surface area contributed by atoms with Crippen molar-refractivity contribution < 1.29 is 19.2 Å². The Kier molecular flexibility index (Phi) is 5.55. The Morgan fingerprint density at radius 3 is 2.40 bits per heavy atom. The van der Waals surface area contributed by atoms with Crippen molar-refractivity contribution in [2.45, 2.75) is 13.1 Å². The lowest BCUT2D eigenvalue weighted by Crippen LogP contribution is -3.06. The Bertz CT molecular complexity index is 1210. The van der Waals surface area contributed by atoms with Gasteiger partial charge < -0.3 is 19.2 Å². The second kappa shape index (κ2) is 8.43. The minimum atomic E-state index is -0.166. The summed E-state index contributed by atoms with van der Waals surface area (Å²) in [6, 6.07) is 22.2. The molecule has 0 saturated heterocycles. The summed E-state index contributed by atoms with van der Waals surface area (Å²) < 4.78 is 11.2. The lowest BCUT2D eigenvalue weighted by atomic mass is 10.0. The summed E-state index contributed by atoms with van der Waals surface area (Å²) >= 11 is 0. The molecule has 0 aliphatic rings. The van der Waals surface area contributed by atoms with E-state index in [1.54, 1.807) is 19.2 Å². The summed E-state index contributed by atoms with van der Waals surface area (Å²) in [6.45, 7) is 1.29. The number of nitrogens with one attached hydrogen (secondary N) is 1. The van der Waals surface area contributed by atoms with E-state index >= 15 is 0 Å². The van der Waals surface area contributed by atoms with Crippen LogP contribution in [0.4, 0.5) is 0 Å². The lowest BCUT2D eigenvalue weighted by molar-refractivity contribution is -0.907. The average molecular weight is 402 g/mol. The maximum absolute atomic E-state index is 13.0. The zero-order valence-corrected chi connectivity index (χ0v) is 17.0. The van der Waals surface area contributed by atoms with Crippen LogP contribution in [-0.2, 0) is 13.1 Å². The minimum absolute atomic E-state index is 0.111. The van der Waals surface area contributed by atoms with E-state index in [0.29, 0.717) is 28.8 Å². The van der Waals surface area contributed by atoms with Crippen molar-refractivity contribution in [1.29, 1.82) is 0 Å². The molecule has 5 nitrogen and oxygen atoms in total. The maximum Gasteiger partial charge on any atom is 0.193 e. The van der Waals surface area contributed by atoms with E-state index in [1.807, 2.05) is 49.5 Å². The third-order valence-corrected chi connectivity index (χ3v) is 5.18. The van der Waals surface area contributed by atoms with Gasteiger partial charge in [0.05, 0.1) is 25.1 Å². The van der Waals surface area contributed by atoms with Crippen LogP contribution in [0.15, 0.2) is 82.0 Å². The number of hydrogen-bond acceptors (Lipinski definition) is 4. The van der Waals surface area contributed by atoms with Gasteiger partial charge in [0.1, 0.15) is 35.9 Å².